The quantitative estimate of drug-likeness (QED) is 0.865. The highest BCUT2D eigenvalue weighted by Crippen LogP contribution is 2.47. The number of hydrogen-bond acceptors (Lipinski definition) is 4. The normalized spacial score (nSPS) is 29.0. The molecule has 0 aliphatic carbocycles. The number of nitrogens with zero attached hydrogens (tertiary/aromatic N) is 2. The van der Waals surface area contributed by atoms with Crippen LogP contribution in [0.1, 0.15) is 31.2 Å². The summed E-state index contributed by atoms with van der Waals surface area (Å²) in [4.78, 5) is 3.95. The van der Waals surface area contributed by atoms with Gasteiger partial charge in [0.2, 0.25) is 10.0 Å². The monoisotopic (exact) mass is 396 g/mol. The first-order valence-corrected chi connectivity index (χ1v) is 10.2. The van der Waals surface area contributed by atoms with E-state index in [0.717, 1.165) is 6.07 Å². The minimum atomic E-state index is -3.86. The molecule has 2 unspecified atom stereocenters. The highest BCUT2D eigenvalue weighted by atomic mass is 35.5. The molecular formula is C18H18ClFN2O3S. The van der Waals surface area contributed by atoms with Gasteiger partial charge in [0.15, 0.2) is 0 Å². The Kier molecular flexibility index (Phi) is 4.30. The fraction of sp³-hybridized carbons (Fsp3) is 0.389. The summed E-state index contributed by atoms with van der Waals surface area (Å²) in [7, 11) is -3.86. The van der Waals surface area contributed by atoms with Crippen LogP contribution < -0.4 is 0 Å². The number of aliphatic hydroxyl groups is 1. The van der Waals surface area contributed by atoms with E-state index in [4.69, 9.17) is 11.6 Å². The lowest BCUT2D eigenvalue weighted by Gasteiger charge is -2.43. The minimum absolute atomic E-state index is 0.108. The summed E-state index contributed by atoms with van der Waals surface area (Å²) >= 11 is 5.67. The van der Waals surface area contributed by atoms with E-state index in [2.05, 4.69) is 4.98 Å². The van der Waals surface area contributed by atoms with E-state index in [1.807, 2.05) is 6.07 Å². The van der Waals surface area contributed by atoms with Gasteiger partial charge in [-0.2, -0.15) is 4.31 Å². The third kappa shape index (κ3) is 2.83. The highest BCUT2D eigenvalue weighted by molar-refractivity contribution is 7.89. The maximum atomic E-state index is 13.8. The zero-order valence-corrected chi connectivity index (χ0v) is 15.4. The number of benzene rings is 1. The zero-order chi connectivity index (χ0) is 18.5. The van der Waals surface area contributed by atoms with Crippen LogP contribution in [0, 0.1) is 5.82 Å². The molecule has 1 aromatic heterocycles. The van der Waals surface area contributed by atoms with Gasteiger partial charge in [0.1, 0.15) is 5.82 Å². The molecule has 0 amide bonds. The number of piperidine rings is 1. The topological polar surface area (TPSA) is 70.5 Å². The van der Waals surface area contributed by atoms with Crippen molar-refractivity contribution in [2.75, 3.05) is 0 Å². The van der Waals surface area contributed by atoms with E-state index in [0.29, 0.717) is 31.2 Å². The van der Waals surface area contributed by atoms with E-state index in [1.54, 1.807) is 18.5 Å². The van der Waals surface area contributed by atoms with Crippen LogP contribution in [0.2, 0.25) is 5.02 Å². The van der Waals surface area contributed by atoms with Gasteiger partial charge < -0.3 is 5.11 Å². The van der Waals surface area contributed by atoms with Crippen LogP contribution in [0.3, 0.4) is 0 Å². The number of aromatic nitrogens is 1. The van der Waals surface area contributed by atoms with Crippen molar-refractivity contribution in [1.29, 1.82) is 0 Å². The first kappa shape index (κ1) is 17.9. The smallest absolute Gasteiger partial charge is 0.243 e. The predicted octanol–water partition coefficient (Wildman–Crippen LogP) is 3.08. The van der Waals surface area contributed by atoms with Crippen LogP contribution in [0.5, 0.6) is 0 Å². The Bertz CT molecular complexity index is 925. The second kappa shape index (κ2) is 6.27. The fourth-order valence-corrected chi connectivity index (χ4v) is 6.21. The molecule has 1 N–H and O–H groups in total. The van der Waals surface area contributed by atoms with Gasteiger partial charge in [0.05, 0.1) is 15.5 Å². The summed E-state index contributed by atoms with van der Waals surface area (Å²) in [5, 5.41) is 11.0. The van der Waals surface area contributed by atoms with Crippen molar-refractivity contribution in [2.24, 2.45) is 0 Å². The van der Waals surface area contributed by atoms with E-state index < -0.39 is 21.4 Å². The summed E-state index contributed by atoms with van der Waals surface area (Å²) in [6.07, 6.45) is 5.19. The third-order valence-corrected chi connectivity index (χ3v) is 7.67. The van der Waals surface area contributed by atoms with Gasteiger partial charge in [-0.05, 0) is 49.9 Å². The number of pyridine rings is 1. The van der Waals surface area contributed by atoms with Gasteiger partial charge in [0, 0.05) is 30.0 Å². The highest BCUT2D eigenvalue weighted by Gasteiger charge is 2.52. The van der Waals surface area contributed by atoms with E-state index in [-0.39, 0.29) is 22.0 Å². The van der Waals surface area contributed by atoms with Crippen LogP contribution in [-0.4, -0.2) is 34.9 Å². The van der Waals surface area contributed by atoms with Gasteiger partial charge in [0.25, 0.3) is 0 Å². The number of fused-ring (bicyclic) bond motifs is 2. The molecule has 2 fully saturated rings. The summed E-state index contributed by atoms with van der Waals surface area (Å²) in [5.41, 5.74) is -0.399. The summed E-state index contributed by atoms with van der Waals surface area (Å²) in [6.45, 7) is 0. The Labute approximate surface area is 156 Å². The maximum Gasteiger partial charge on any atom is 0.243 e. The van der Waals surface area contributed by atoms with Gasteiger partial charge in [-0.1, -0.05) is 17.7 Å². The molecule has 2 bridgehead atoms. The molecule has 1 aromatic carbocycles. The number of halogens is 2. The standard InChI is InChI=1S/C18H18ClFN2O3S/c19-16-6-5-15(8-17(16)20)26(24,25)22-13-3-4-14(22)10-18(23,9-13)12-2-1-7-21-11-12/h1-2,5-8,11,13-14,23H,3-4,9-10H2. The first-order valence-electron chi connectivity index (χ1n) is 8.43. The van der Waals surface area contributed by atoms with Crippen molar-refractivity contribution in [2.45, 2.75) is 48.3 Å². The van der Waals surface area contributed by atoms with Crippen molar-refractivity contribution in [3.05, 3.63) is 59.1 Å². The first-order chi connectivity index (χ1) is 12.3. The predicted molar refractivity (Wildman–Crippen MR) is 94.6 cm³/mol. The third-order valence-electron chi connectivity index (χ3n) is 5.36. The van der Waals surface area contributed by atoms with Crippen molar-refractivity contribution >= 4 is 21.6 Å². The average molecular weight is 397 g/mol. The van der Waals surface area contributed by atoms with Crippen LogP contribution in [0.25, 0.3) is 0 Å². The Hall–Kier alpha value is -1.54. The van der Waals surface area contributed by atoms with Crippen LogP contribution in [0.15, 0.2) is 47.6 Å². The lowest BCUT2D eigenvalue weighted by atomic mass is 9.82. The van der Waals surface area contributed by atoms with Gasteiger partial charge in [-0.25, -0.2) is 12.8 Å². The summed E-state index contributed by atoms with van der Waals surface area (Å²) in [6, 6.07) is 6.44. The number of sulfonamides is 1. The molecule has 0 spiro atoms. The average Bonchev–Trinajstić information content (AvgIpc) is 2.91. The Balaban J connectivity index is 1.67. The van der Waals surface area contributed by atoms with Crippen molar-refractivity contribution in [3.8, 4) is 0 Å². The molecule has 26 heavy (non-hydrogen) atoms. The summed E-state index contributed by atoms with van der Waals surface area (Å²) in [5.74, 6) is -0.760. The molecule has 2 aromatic rings. The van der Waals surface area contributed by atoms with Crippen LogP contribution in [-0.2, 0) is 15.6 Å². The lowest BCUT2D eigenvalue weighted by molar-refractivity contribution is -0.0342. The molecule has 8 heteroatoms. The van der Waals surface area contributed by atoms with E-state index in [9.17, 15) is 17.9 Å². The molecule has 3 heterocycles. The van der Waals surface area contributed by atoms with Crippen LogP contribution >= 0.6 is 11.6 Å². The van der Waals surface area contributed by atoms with Crippen molar-refractivity contribution < 1.29 is 17.9 Å². The molecule has 0 radical (unpaired) electrons. The Morgan fingerprint density at radius 2 is 1.92 bits per heavy atom. The van der Waals surface area contributed by atoms with Crippen LogP contribution in [0.4, 0.5) is 4.39 Å². The Morgan fingerprint density at radius 3 is 2.50 bits per heavy atom. The number of rotatable bonds is 3. The maximum absolute atomic E-state index is 13.8. The van der Waals surface area contributed by atoms with Crippen molar-refractivity contribution in [3.63, 3.8) is 0 Å². The molecule has 2 aliphatic rings. The molecule has 0 saturated carbocycles. The van der Waals surface area contributed by atoms with Crippen molar-refractivity contribution in [1.82, 2.24) is 9.29 Å². The largest absolute Gasteiger partial charge is 0.385 e. The molecular weight excluding hydrogens is 379 g/mol. The fourth-order valence-electron chi connectivity index (χ4n) is 4.21. The molecule has 2 atom stereocenters. The van der Waals surface area contributed by atoms with E-state index >= 15 is 0 Å². The van der Waals surface area contributed by atoms with Gasteiger partial charge in [-0.3, -0.25) is 4.98 Å². The molecule has 5 nitrogen and oxygen atoms in total. The van der Waals surface area contributed by atoms with Gasteiger partial charge in [-0.15, -0.1) is 0 Å². The zero-order valence-electron chi connectivity index (χ0n) is 13.8. The van der Waals surface area contributed by atoms with E-state index in [1.165, 1.54) is 16.4 Å². The lowest BCUT2D eigenvalue weighted by Crippen LogP contribution is -2.51. The minimum Gasteiger partial charge on any atom is -0.385 e. The SMILES string of the molecule is O=S(=O)(c1ccc(Cl)c(F)c1)N1C2CCC1CC(O)(c1cccnc1)C2. The molecule has 4 rings (SSSR count). The Morgan fingerprint density at radius 1 is 1.23 bits per heavy atom. The van der Waals surface area contributed by atoms with Gasteiger partial charge >= 0.3 is 0 Å². The molecule has 2 saturated heterocycles. The number of hydrogen-bond donors (Lipinski definition) is 1. The summed E-state index contributed by atoms with van der Waals surface area (Å²) < 4.78 is 41.4. The second-order valence-electron chi connectivity index (χ2n) is 6.98. The second-order valence-corrected chi connectivity index (χ2v) is 9.23. The molecule has 138 valence electrons. The molecule has 2 aliphatic heterocycles.